The molecule has 1 heteroatoms. The predicted octanol–water partition coefficient (Wildman–Crippen LogP) is 11.8. The molecule has 0 amide bonds. The third-order valence-corrected chi connectivity index (χ3v) is 9.90. The summed E-state index contributed by atoms with van der Waals surface area (Å²) in [4.78, 5) is 4.86. The second-order valence-corrected chi connectivity index (χ2v) is 12.8. The monoisotopic (exact) mass is 573 g/mol. The Morgan fingerprint density at radius 2 is 1.07 bits per heavy atom. The third kappa shape index (κ3) is 3.90. The molecule has 1 aliphatic rings. The second-order valence-electron chi connectivity index (χ2n) is 12.8. The van der Waals surface area contributed by atoms with E-state index in [1.165, 1.54) is 82.4 Å². The summed E-state index contributed by atoms with van der Waals surface area (Å²) < 4.78 is 0. The molecule has 0 radical (unpaired) electrons. The van der Waals surface area contributed by atoms with Gasteiger partial charge in [0.1, 0.15) is 0 Å². The number of fused-ring (bicyclic) bond motifs is 6. The van der Waals surface area contributed by atoms with Crippen LogP contribution in [0.15, 0.2) is 152 Å². The van der Waals surface area contributed by atoms with Crippen LogP contribution in [0.1, 0.15) is 25.0 Å². The standard InChI is InChI=1S/C44H31N/c1-44(2)39-16-8-7-13-33(39)34-22-21-32(27-40(34)44)42-35-14-5-6-15-36(35)43(41-17-9-10-24-45-41)37-23-20-31(26-38(37)42)30-19-18-28-11-3-4-12-29(28)25-30/h3-27H,1-2H3. The maximum atomic E-state index is 4.86. The van der Waals surface area contributed by atoms with Gasteiger partial charge in [-0.05, 0) is 107 Å². The highest BCUT2D eigenvalue weighted by molar-refractivity contribution is 6.21. The minimum atomic E-state index is -0.0717. The fourth-order valence-corrected chi connectivity index (χ4v) is 7.68. The lowest BCUT2D eigenvalue weighted by Gasteiger charge is -2.23. The highest BCUT2D eigenvalue weighted by atomic mass is 14.7. The van der Waals surface area contributed by atoms with E-state index in [2.05, 4.69) is 153 Å². The number of pyridine rings is 1. The largest absolute Gasteiger partial charge is 0.256 e. The van der Waals surface area contributed by atoms with Gasteiger partial charge in [-0.15, -0.1) is 0 Å². The van der Waals surface area contributed by atoms with Gasteiger partial charge in [-0.3, -0.25) is 4.98 Å². The van der Waals surface area contributed by atoms with E-state index in [4.69, 9.17) is 4.98 Å². The van der Waals surface area contributed by atoms with Gasteiger partial charge in [-0.1, -0.05) is 129 Å². The van der Waals surface area contributed by atoms with Gasteiger partial charge in [0.25, 0.3) is 0 Å². The molecule has 1 heterocycles. The molecule has 1 nitrogen and oxygen atoms in total. The van der Waals surface area contributed by atoms with Crippen LogP contribution in [-0.4, -0.2) is 4.98 Å². The number of nitrogens with zero attached hydrogens (tertiary/aromatic N) is 1. The topological polar surface area (TPSA) is 12.9 Å². The van der Waals surface area contributed by atoms with Crippen molar-refractivity contribution in [1.29, 1.82) is 0 Å². The molecular formula is C44H31N. The molecule has 0 saturated heterocycles. The first-order valence-electron chi connectivity index (χ1n) is 15.7. The number of rotatable bonds is 3. The Kier molecular flexibility index (Phi) is 5.61. The minimum Gasteiger partial charge on any atom is -0.256 e. The predicted molar refractivity (Wildman–Crippen MR) is 191 cm³/mol. The molecule has 0 unspecified atom stereocenters. The van der Waals surface area contributed by atoms with E-state index < -0.39 is 0 Å². The summed E-state index contributed by atoms with van der Waals surface area (Å²) in [6.45, 7) is 4.72. The van der Waals surface area contributed by atoms with E-state index in [-0.39, 0.29) is 5.41 Å². The maximum absolute atomic E-state index is 4.86. The molecule has 45 heavy (non-hydrogen) atoms. The molecule has 0 aliphatic heterocycles. The summed E-state index contributed by atoms with van der Waals surface area (Å²) >= 11 is 0. The molecule has 0 atom stereocenters. The van der Waals surface area contributed by atoms with Crippen molar-refractivity contribution < 1.29 is 0 Å². The molecule has 8 aromatic rings. The molecule has 1 aromatic heterocycles. The van der Waals surface area contributed by atoms with Crippen molar-refractivity contribution in [3.05, 3.63) is 163 Å². The molecule has 7 aromatic carbocycles. The molecule has 0 bridgehead atoms. The lowest BCUT2D eigenvalue weighted by molar-refractivity contribution is 0.660. The quantitative estimate of drug-likeness (QED) is 0.192. The fourth-order valence-electron chi connectivity index (χ4n) is 7.68. The summed E-state index contributed by atoms with van der Waals surface area (Å²) in [5.41, 5.74) is 12.5. The Morgan fingerprint density at radius 1 is 0.422 bits per heavy atom. The van der Waals surface area contributed by atoms with Gasteiger partial charge >= 0.3 is 0 Å². The average Bonchev–Trinajstić information content (AvgIpc) is 3.32. The SMILES string of the molecule is CC1(C)c2ccccc2-c2ccc(-c3c4ccccc4c(-c4ccccn4)c4ccc(-c5ccc6ccccc6c5)cc34)cc21. The van der Waals surface area contributed by atoms with Gasteiger partial charge < -0.3 is 0 Å². The Hall–Kier alpha value is -5.53. The van der Waals surface area contributed by atoms with E-state index >= 15 is 0 Å². The van der Waals surface area contributed by atoms with Crippen molar-refractivity contribution in [2.45, 2.75) is 19.3 Å². The van der Waals surface area contributed by atoms with E-state index in [9.17, 15) is 0 Å². The van der Waals surface area contributed by atoms with Crippen LogP contribution < -0.4 is 0 Å². The van der Waals surface area contributed by atoms with Crippen LogP contribution in [0.5, 0.6) is 0 Å². The van der Waals surface area contributed by atoms with Gasteiger partial charge in [0.05, 0.1) is 5.69 Å². The molecule has 0 fully saturated rings. The first-order valence-corrected chi connectivity index (χ1v) is 15.7. The summed E-state index contributed by atoms with van der Waals surface area (Å²) in [5.74, 6) is 0. The highest BCUT2D eigenvalue weighted by Crippen LogP contribution is 2.51. The summed E-state index contributed by atoms with van der Waals surface area (Å²) in [5, 5.41) is 7.44. The van der Waals surface area contributed by atoms with Crippen LogP contribution in [-0.2, 0) is 5.41 Å². The first-order chi connectivity index (χ1) is 22.1. The molecular weight excluding hydrogens is 542 g/mol. The van der Waals surface area contributed by atoms with Crippen molar-refractivity contribution in [2.24, 2.45) is 0 Å². The summed E-state index contributed by atoms with van der Waals surface area (Å²) in [6, 6.07) is 53.5. The molecule has 9 rings (SSSR count). The lowest BCUT2D eigenvalue weighted by Crippen LogP contribution is -2.14. The zero-order chi connectivity index (χ0) is 30.1. The smallest absolute Gasteiger partial charge is 0.0714 e. The minimum absolute atomic E-state index is 0.0717. The Labute approximate surface area is 263 Å². The van der Waals surface area contributed by atoms with Gasteiger partial charge in [-0.25, -0.2) is 0 Å². The van der Waals surface area contributed by atoms with Crippen LogP contribution in [0.2, 0.25) is 0 Å². The van der Waals surface area contributed by atoms with Crippen LogP contribution in [0, 0.1) is 0 Å². The maximum Gasteiger partial charge on any atom is 0.0714 e. The van der Waals surface area contributed by atoms with Crippen LogP contribution >= 0.6 is 0 Å². The Bertz CT molecular complexity index is 2450. The van der Waals surface area contributed by atoms with Crippen molar-refractivity contribution in [3.8, 4) is 44.6 Å². The Balaban J connectivity index is 1.37. The fraction of sp³-hybridized carbons (Fsp3) is 0.0682. The second kappa shape index (κ2) is 9.74. The highest BCUT2D eigenvalue weighted by Gasteiger charge is 2.35. The molecule has 0 saturated carbocycles. The van der Waals surface area contributed by atoms with Gasteiger partial charge in [0.2, 0.25) is 0 Å². The summed E-state index contributed by atoms with van der Waals surface area (Å²) in [6.07, 6.45) is 1.90. The van der Waals surface area contributed by atoms with Crippen molar-refractivity contribution in [3.63, 3.8) is 0 Å². The van der Waals surface area contributed by atoms with Crippen molar-refractivity contribution >= 4 is 32.3 Å². The number of benzene rings is 7. The van der Waals surface area contributed by atoms with E-state index in [1.54, 1.807) is 0 Å². The zero-order valence-corrected chi connectivity index (χ0v) is 25.4. The van der Waals surface area contributed by atoms with Gasteiger partial charge in [-0.2, -0.15) is 0 Å². The third-order valence-electron chi connectivity index (χ3n) is 9.90. The molecule has 0 N–H and O–H groups in total. The van der Waals surface area contributed by atoms with Crippen LogP contribution in [0.3, 0.4) is 0 Å². The van der Waals surface area contributed by atoms with E-state index in [0.29, 0.717) is 0 Å². The molecule has 212 valence electrons. The van der Waals surface area contributed by atoms with Gasteiger partial charge in [0, 0.05) is 17.2 Å². The number of hydrogen-bond acceptors (Lipinski definition) is 1. The van der Waals surface area contributed by atoms with Gasteiger partial charge in [0.15, 0.2) is 0 Å². The number of aromatic nitrogens is 1. The summed E-state index contributed by atoms with van der Waals surface area (Å²) in [7, 11) is 0. The zero-order valence-electron chi connectivity index (χ0n) is 25.4. The van der Waals surface area contributed by atoms with E-state index in [1.807, 2.05) is 12.3 Å². The lowest BCUT2D eigenvalue weighted by atomic mass is 9.80. The average molecular weight is 574 g/mol. The molecule has 0 spiro atoms. The van der Waals surface area contributed by atoms with Crippen LogP contribution in [0.4, 0.5) is 0 Å². The first kappa shape index (κ1) is 25.9. The Morgan fingerprint density at radius 3 is 1.91 bits per heavy atom. The normalized spacial score (nSPS) is 13.3. The van der Waals surface area contributed by atoms with Crippen molar-refractivity contribution in [1.82, 2.24) is 4.98 Å². The van der Waals surface area contributed by atoms with Crippen LogP contribution in [0.25, 0.3) is 77.0 Å². The van der Waals surface area contributed by atoms with Crippen molar-refractivity contribution in [2.75, 3.05) is 0 Å². The number of hydrogen-bond donors (Lipinski definition) is 0. The molecule has 1 aliphatic carbocycles. The van der Waals surface area contributed by atoms with E-state index in [0.717, 1.165) is 5.69 Å².